The Kier molecular flexibility index (Phi) is 4.92. The highest BCUT2D eigenvalue weighted by Gasteiger charge is 2.12. The molecule has 3 rings (SSSR count). The molecule has 0 unspecified atom stereocenters. The molecular weight excluding hydrogens is 298 g/mol. The lowest BCUT2D eigenvalue weighted by atomic mass is 10.1. The minimum absolute atomic E-state index is 0.00915. The Morgan fingerprint density at radius 3 is 1.96 bits per heavy atom. The quantitative estimate of drug-likeness (QED) is 0.679. The van der Waals surface area contributed by atoms with Crippen molar-refractivity contribution in [2.75, 3.05) is 7.05 Å². The lowest BCUT2D eigenvalue weighted by Crippen LogP contribution is -2.26. The fourth-order valence-electron chi connectivity index (χ4n) is 2.44. The van der Waals surface area contributed by atoms with Gasteiger partial charge >= 0.3 is 0 Å². The third-order valence-electron chi connectivity index (χ3n) is 3.69. The SMILES string of the molecule is CN(Cc1ccccc1)C(=O)c1ccc(Oc2ccccc2)cc1. The molecule has 0 aliphatic heterocycles. The average molecular weight is 317 g/mol. The molecule has 3 heteroatoms. The molecular formula is C21H19NO2. The molecule has 0 bridgehead atoms. The number of hydrogen-bond donors (Lipinski definition) is 0. The van der Waals surface area contributed by atoms with Gasteiger partial charge in [-0.3, -0.25) is 4.79 Å². The van der Waals surface area contributed by atoms with Gasteiger partial charge in [0.2, 0.25) is 0 Å². The van der Waals surface area contributed by atoms with Gasteiger partial charge in [0.1, 0.15) is 11.5 Å². The van der Waals surface area contributed by atoms with Gasteiger partial charge < -0.3 is 9.64 Å². The monoisotopic (exact) mass is 317 g/mol. The van der Waals surface area contributed by atoms with E-state index >= 15 is 0 Å². The normalized spacial score (nSPS) is 10.2. The standard InChI is InChI=1S/C21H19NO2/c1-22(16-17-8-4-2-5-9-17)21(23)18-12-14-20(15-13-18)24-19-10-6-3-7-11-19/h2-15H,16H2,1H3. The van der Waals surface area contributed by atoms with Crippen LogP contribution in [0.15, 0.2) is 84.9 Å². The molecule has 24 heavy (non-hydrogen) atoms. The highest BCUT2D eigenvalue weighted by molar-refractivity contribution is 5.94. The molecule has 0 spiro atoms. The predicted molar refractivity (Wildman–Crippen MR) is 95.2 cm³/mol. The molecule has 1 amide bonds. The first-order valence-corrected chi connectivity index (χ1v) is 7.85. The Labute approximate surface area is 142 Å². The summed E-state index contributed by atoms with van der Waals surface area (Å²) in [5.41, 5.74) is 1.76. The second-order valence-corrected chi connectivity index (χ2v) is 5.59. The highest BCUT2D eigenvalue weighted by Crippen LogP contribution is 2.21. The van der Waals surface area contributed by atoms with Gasteiger partial charge in [0.15, 0.2) is 0 Å². The molecule has 0 heterocycles. The lowest BCUT2D eigenvalue weighted by molar-refractivity contribution is 0.0785. The van der Waals surface area contributed by atoms with Crippen LogP contribution in [0.5, 0.6) is 11.5 Å². The Balaban J connectivity index is 1.65. The molecule has 0 aliphatic carbocycles. The maximum Gasteiger partial charge on any atom is 0.253 e. The smallest absolute Gasteiger partial charge is 0.253 e. The molecule has 3 aromatic rings. The van der Waals surface area contributed by atoms with Crippen LogP contribution in [0.4, 0.5) is 0 Å². The van der Waals surface area contributed by atoms with Crippen molar-refractivity contribution in [1.29, 1.82) is 0 Å². The van der Waals surface area contributed by atoms with Gasteiger partial charge in [0.05, 0.1) is 0 Å². The maximum atomic E-state index is 12.5. The van der Waals surface area contributed by atoms with Crippen molar-refractivity contribution >= 4 is 5.91 Å². The van der Waals surface area contributed by atoms with Gasteiger partial charge in [0, 0.05) is 19.2 Å². The van der Waals surface area contributed by atoms with Gasteiger partial charge in [-0.2, -0.15) is 0 Å². The van der Waals surface area contributed by atoms with Crippen LogP contribution in [-0.4, -0.2) is 17.9 Å². The minimum atomic E-state index is -0.00915. The lowest BCUT2D eigenvalue weighted by Gasteiger charge is -2.17. The van der Waals surface area contributed by atoms with Crippen LogP contribution in [0.1, 0.15) is 15.9 Å². The van der Waals surface area contributed by atoms with E-state index in [2.05, 4.69) is 0 Å². The summed E-state index contributed by atoms with van der Waals surface area (Å²) in [7, 11) is 1.81. The second kappa shape index (κ2) is 7.47. The molecule has 3 aromatic carbocycles. The van der Waals surface area contributed by atoms with Crippen molar-refractivity contribution in [3.05, 3.63) is 96.1 Å². The zero-order valence-corrected chi connectivity index (χ0v) is 13.6. The van der Waals surface area contributed by atoms with Gasteiger partial charge in [-0.15, -0.1) is 0 Å². The van der Waals surface area contributed by atoms with Gasteiger partial charge in [-0.05, 0) is 42.0 Å². The summed E-state index contributed by atoms with van der Waals surface area (Å²) >= 11 is 0. The van der Waals surface area contributed by atoms with Crippen molar-refractivity contribution in [2.24, 2.45) is 0 Å². The van der Waals surface area contributed by atoms with Gasteiger partial charge in [0.25, 0.3) is 5.91 Å². The van der Waals surface area contributed by atoms with Crippen LogP contribution in [0.3, 0.4) is 0 Å². The summed E-state index contributed by atoms with van der Waals surface area (Å²) in [5.74, 6) is 1.48. The molecule has 0 saturated heterocycles. The second-order valence-electron chi connectivity index (χ2n) is 5.59. The molecule has 0 aliphatic rings. The maximum absolute atomic E-state index is 12.5. The molecule has 0 fully saturated rings. The number of carbonyl (C=O) groups excluding carboxylic acids is 1. The van der Waals surface area contributed by atoms with E-state index in [0.717, 1.165) is 11.3 Å². The van der Waals surface area contributed by atoms with Crippen LogP contribution in [-0.2, 0) is 6.54 Å². The minimum Gasteiger partial charge on any atom is -0.457 e. The number of carbonyl (C=O) groups is 1. The zero-order valence-electron chi connectivity index (χ0n) is 13.6. The van der Waals surface area contributed by atoms with Crippen LogP contribution in [0.2, 0.25) is 0 Å². The summed E-state index contributed by atoms with van der Waals surface area (Å²) in [6.07, 6.45) is 0. The van der Waals surface area contributed by atoms with E-state index in [4.69, 9.17) is 4.74 Å². The number of nitrogens with zero attached hydrogens (tertiary/aromatic N) is 1. The van der Waals surface area contributed by atoms with Crippen LogP contribution in [0.25, 0.3) is 0 Å². The number of amides is 1. The topological polar surface area (TPSA) is 29.5 Å². The third kappa shape index (κ3) is 4.02. The Morgan fingerprint density at radius 2 is 1.33 bits per heavy atom. The average Bonchev–Trinajstić information content (AvgIpc) is 2.63. The number of rotatable bonds is 5. The summed E-state index contributed by atoms with van der Waals surface area (Å²) in [6, 6.07) is 26.7. The van der Waals surface area contributed by atoms with Crippen molar-refractivity contribution < 1.29 is 9.53 Å². The first-order chi connectivity index (χ1) is 11.7. The number of benzene rings is 3. The summed E-state index contributed by atoms with van der Waals surface area (Å²) < 4.78 is 5.74. The largest absolute Gasteiger partial charge is 0.457 e. The van der Waals surface area contributed by atoms with Gasteiger partial charge in [-0.1, -0.05) is 48.5 Å². The van der Waals surface area contributed by atoms with Crippen molar-refractivity contribution in [3.8, 4) is 11.5 Å². The number of para-hydroxylation sites is 1. The van der Waals surface area contributed by atoms with Crippen LogP contribution in [0, 0.1) is 0 Å². The summed E-state index contributed by atoms with van der Waals surface area (Å²) in [5, 5.41) is 0. The van der Waals surface area contributed by atoms with Crippen molar-refractivity contribution in [2.45, 2.75) is 6.54 Å². The molecule has 0 saturated carbocycles. The van der Waals surface area contributed by atoms with E-state index in [1.54, 1.807) is 17.0 Å². The summed E-state index contributed by atoms with van der Waals surface area (Å²) in [4.78, 5) is 14.2. The molecule has 0 aromatic heterocycles. The van der Waals surface area contributed by atoms with E-state index in [9.17, 15) is 4.79 Å². The van der Waals surface area contributed by atoms with Crippen LogP contribution < -0.4 is 4.74 Å². The summed E-state index contributed by atoms with van der Waals surface area (Å²) in [6.45, 7) is 0.585. The molecule has 120 valence electrons. The number of hydrogen-bond acceptors (Lipinski definition) is 2. The zero-order chi connectivity index (χ0) is 16.8. The fourth-order valence-corrected chi connectivity index (χ4v) is 2.44. The number of ether oxygens (including phenoxy) is 1. The molecule has 0 atom stereocenters. The third-order valence-corrected chi connectivity index (χ3v) is 3.69. The Bertz CT molecular complexity index is 783. The molecule has 0 N–H and O–H groups in total. The van der Waals surface area contributed by atoms with E-state index in [1.165, 1.54) is 0 Å². The molecule has 3 nitrogen and oxygen atoms in total. The highest BCUT2D eigenvalue weighted by atomic mass is 16.5. The first kappa shape index (κ1) is 15.8. The van der Waals surface area contributed by atoms with E-state index in [0.29, 0.717) is 17.9 Å². The molecule has 0 radical (unpaired) electrons. The van der Waals surface area contributed by atoms with Crippen molar-refractivity contribution in [1.82, 2.24) is 4.90 Å². The van der Waals surface area contributed by atoms with Gasteiger partial charge in [-0.25, -0.2) is 0 Å². The Morgan fingerprint density at radius 1 is 0.792 bits per heavy atom. The van der Waals surface area contributed by atoms with Crippen molar-refractivity contribution in [3.63, 3.8) is 0 Å². The van der Waals surface area contributed by atoms with Crippen LogP contribution >= 0.6 is 0 Å². The van der Waals surface area contributed by atoms with E-state index in [-0.39, 0.29) is 5.91 Å². The van der Waals surface area contributed by atoms with E-state index < -0.39 is 0 Å². The Hall–Kier alpha value is -3.07. The predicted octanol–water partition coefficient (Wildman–Crippen LogP) is 4.75. The van der Waals surface area contributed by atoms with E-state index in [1.807, 2.05) is 79.8 Å². The fraction of sp³-hybridized carbons (Fsp3) is 0.0952. The first-order valence-electron chi connectivity index (χ1n) is 7.85.